The van der Waals surface area contributed by atoms with Gasteiger partial charge in [-0.25, -0.2) is 4.79 Å². The first kappa shape index (κ1) is 14.9. The van der Waals surface area contributed by atoms with Gasteiger partial charge in [0.1, 0.15) is 6.61 Å². The lowest BCUT2D eigenvalue weighted by Crippen LogP contribution is -2.17. The van der Waals surface area contributed by atoms with Crippen molar-refractivity contribution in [1.82, 2.24) is 0 Å². The highest BCUT2D eigenvalue weighted by molar-refractivity contribution is 9.09. The zero-order valence-corrected chi connectivity index (χ0v) is 11.8. The lowest BCUT2D eigenvalue weighted by atomic mass is 10.1. The number of halogens is 1. The molecule has 1 rings (SSSR count). The summed E-state index contributed by atoms with van der Waals surface area (Å²) in [5.41, 5.74) is 0.887. The van der Waals surface area contributed by atoms with Crippen LogP contribution in [0, 0.1) is 0 Å². The van der Waals surface area contributed by atoms with Crippen LogP contribution in [0.15, 0.2) is 30.3 Å². The summed E-state index contributed by atoms with van der Waals surface area (Å²) in [5.74, 6) is -1.15. The second-order valence-electron chi connectivity index (χ2n) is 3.98. The summed E-state index contributed by atoms with van der Waals surface area (Å²) in [6.45, 7) is 0.160. The molecule has 98 valence electrons. The predicted octanol–water partition coefficient (Wildman–Crippen LogP) is 3.25. The molecule has 0 amide bonds. The Morgan fingerprint density at radius 3 is 2.44 bits per heavy atom. The van der Waals surface area contributed by atoms with Crippen LogP contribution in [0.3, 0.4) is 0 Å². The van der Waals surface area contributed by atoms with Crippen molar-refractivity contribution in [2.75, 3.05) is 5.33 Å². The number of ether oxygens (including phenoxy) is 1. The van der Waals surface area contributed by atoms with Crippen molar-refractivity contribution in [3.63, 3.8) is 0 Å². The number of hydrogen-bond donors (Lipinski definition) is 0. The molecular formula is C14H17BrO3. The van der Waals surface area contributed by atoms with Gasteiger partial charge in [-0.2, -0.15) is 0 Å². The van der Waals surface area contributed by atoms with Gasteiger partial charge < -0.3 is 4.74 Å². The normalized spacial score (nSPS) is 10.1. The Morgan fingerprint density at radius 2 is 1.78 bits per heavy atom. The Kier molecular flexibility index (Phi) is 7.34. The Morgan fingerprint density at radius 1 is 1.06 bits per heavy atom. The average Bonchev–Trinajstić information content (AvgIpc) is 2.42. The minimum Gasteiger partial charge on any atom is -0.455 e. The van der Waals surface area contributed by atoms with Crippen molar-refractivity contribution in [1.29, 1.82) is 0 Å². The number of Topliss-reactive ketones (excluding diaryl/α,β-unsaturated/α-hetero) is 1. The van der Waals surface area contributed by atoms with E-state index in [2.05, 4.69) is 15.9 Å². The predicted molar refractivity (Wildman–Crippen MR) is 73.5 cm³/mol. The van der Waals surface area contributed by atoms with Crippen molar-refractivity contribution in [2.24, 2.45) is 0 Å². The van der Waals surface area contributed by atoms with Crippen molar-refractivity contribution in [3.8, 4) is 0 Å². The quantitative estimate of drug-likeness (QED) is 0.320. The third-order valence-electron chi connectivity index (χ3n) is 2.48. The number of rotatable bonds is 8. The molecule has 0 saturated heterocycles. The van der Waals surface area contributed by atoms with E-state index in [-0.39, 0.29) is 13.0 Å². The highest BCUT2D eigenvalue weighted by Gasteiger charge is 2.14. The Bertz CT molecular complexity index is 376. The number of unbranched alkanes of at least 4 members (excludes halogenated alkanes) is 2. The lowest BCUT2D eigenvalue weighted by molar-refractivity contribution is -0.154. The second kappa shape index (κ2) is 8.86. The summed E-state index contributed by atoms with van der Waals surface area (Å²) in [6, 6.07) is 9.33. The van der Waals surface area contributed by atoms with Gasteiger partial charge in [0.15, 0.2) is 0 Å². The summed E-state index contributed by atoms with van der Waals surface area (Å²) in [7, 11) is 0. The molecule has 0 aliphatic carbocycles. The Labute approximate surface area is 116 Å². The smallest absolute Gasteiger partial charge is 0.374 e. The molecule has 0 unspecified atom stereocenters. The minimum absolute atomic E-state index is 0.160. The fraction of sp³-hybridized carbons (Fsp3) is 0.429. The van der Waals surface area contributed by atoms with Gasteiger partial charge in [-0.05, 0) is 18.4 Å². The monoisotopic (exact) mass is 312 g/mol. The summed E-state index contributed by atoms with van der Waals surface area (Å²) in [4.78, 5) is 22.8. The fourth-order valence-corrected chi connectivity index (χ4v) is 1.86. The van der Waals surface area contributed by atoms with Gasteiger partial charge in [0.2, 0.25) is 5.78 Å². The molecule has 4 heteroatoms. The van der Waals surface area contributed by atoms with Crippen LogP contribution < -0.4 is 0 Å². The molecule has 1 aromatic rings. The molecule has 0 aliphatic heterocycles. The lowest BCUT2D eigenvalue weighted by Gasteiger charge is -2.04. The molecule has 0 radical (unpaired) electrons. The maximum atomic E-state index is 11.4. The fourth-order valence-electron chi connectivity index (χ4n) is 1.46. The van der Waals surface area contributed by atoms with Gasteiger partial charge in [-0.3, -0.25) is 4.79 Å². The molecule has 0 aromatic heterocycles. The van der Waals surface area contributed by atoms with E-state index in [9.17, 15) is 9.59 Å². The van der Waals surface area contributed by atoms with E-state index in [1.165, 1.54) is 0 Å². The first-order valence-electron chi connectivity index (χ1n) is 6.04. The number of carbonyl (C=O) groups excluding carboxylic acids is 2. The first-order chi connectivity index (χ1) is 8.74. The summed E-state index contributed by atoms with van der Waals surface area (Å²) in [5, 5.41) is 0.930. The topological polar surface area (TPSA) is 43.4 Å². The molecule has 0 saturated carbocycles. The number of alkyl halides is 1. The molecule has 0 bridgehead atoms. The number of benzene rings is 1. The van der Waals surface area contributed by atoms with Crippen LogP contribution in [0.4, 0.5) is 0 Å². The van der Waals surface area contributed by atoms with Crippen molar-refractivity contribution < 1.29 is 14.3 Å². The minimum atomic E-state index is -0.724. The number of carbonyl (C=O) groups is 2. The summed E-state index contributed by atoms with van der Waals surface area (Å²) >= 11 is 3.32. The van der Waals surface area contributed by atoms with Crippen molar-refractivity contribution in [2.45, 2.75) is 32.3 Å². The highest BCUT2D eigenvalue weighted by atomic mass is 79.9. The van der Waals surface area contributed by atoms with Crippen LogP contribution in [0.25, 0.3) is 0 Å². The van der Waals surface area contributed by atoms with E-state index in [1.807, 2.05) is 30.3 Å². The third kappa shape index (κ3) is 5.96. The molecule has 0 aliphatic rings. The molecule has 18 heavy (non-hydrogen) atoms. The van der Waals surface area contributed by atoms with Crippen molar-refractivity contribution in [3.05, 3.63) is 35.9 Å². The number of esters is 1. The Balaban J connectivity index is 2.22. The van der Waals surface area contributed by atoms with Crippen LogP contribution in [0.1, 0.15) is 31.2 Å². The number of ketones is 1. The van der Waals surface area contributed by atoms with Crippen LogP contribution >= 0.6 is 15.9 Å². The van der Waals surface area contributed by atoms with Crippen LogP contribution in [0.5, 0.6) is 0 Å². The standard InChI is InChI=1S/C14H17BrO3/c15-10-6-2-5-9-13(16)14(17)18-11-12-7-3-1-4-8-12/h1,3-4,7-8H,2,5-6,9-11H2. The van der Waals surface area contributed by atoms with Gasteiger partial charge in [-0.1, -0.05) is 52.7 Å². The van der Waals surface area contributed by atoms with E-state index in [4.69, 9.17) is 4.74 Å². The molecule has 0 spiro atoms. The van der Waals surface area contributed by atoms with E-state index in [1.54, 1.807) is 0 Å². The molecule has 1 aromatic carbocycles. The first-order valence-corrected chi connectivity index (χ1v) is 7.16. The van der Waals surface area contributed by atoms with E-state index < -0.39 is 11.8 Å². The average molecular weight is 313 g/mol. The van der Waals surface area contributed by atoms with E-state index >= 15 is 0 Å². The summed E-state index contributed by atoms with van der Waals surface area (Å²) in [6.07, 6.45) is 2.99. The van der Waals surface area contributed by atoms with Gasteiger partial charge in [0.25, 0.3) is 0 Å². The van der Waals surface area contributed by atoms with Gasteiger partial charge in [0.05, 0.1) is 0 Å². The van der Waals surface area contributed by atoms with E-state index in [0.717, 1.165) is 30.2 Å². The SMILES string of the molecule is O=C(CCCCCBr)C(=O)OCc1ccccc1. The highest BCUT2D eigenvalue weighted by Crippen LogP contribution is 2.05. The molecule has 0 heterocycles. The number of hydrogen-bond acceptors (Lipinski definition) is 3. The van der Waals surface area contributed by atoms with E-state index in [0.29, 0.717) is 0 Å². The van der Waals surface area contributed by atoms with Crippen LogP contribution in [-0.2, 0) is 20.9 Å². The third-order valence-corrected chi connectivity index (χ3v) is 3.04. The molecule has 0 atom stereocenters. The van der Waals surface area contributed by atoms with Gasteiger partial charge in [0, 0.05) is 11.8 Å². The van der Waals surface area contributed by atoms with Crippen molar-refractivity contribution >= 4 is 27.7 Å². The molecule has 3 nitrogen and oxygen atoms in total. The maximum absolute atomic E-state index is 11.4. The maximum Gasteiger partial charge on any atom is 0.374 e. The largest absolute Gasteiger partial charge is 0.455 e. The zero-order valence-electron chi connectivity index (χ0n) is 10.2. The van der Waals surface area contributed by atoms with Crippen LogP contribution in [-0.4, -0.2) is 17.1 Å². The van der Waals surface area contributed by atoms with Crippen LogP contribution in [0.2, 0.25) is 0 Å². The van der Waals surface area contributed by atoms with Gasteiger partial charge in [-0.15, -0.1) is 0 Å². The molecule has 0 fully saturated rings. The molecule has 0 N–H and O–H groups in total. The zero-order chi connectivity index (χ0) is 13.2. The van der Waals surface area contributed by atoms with Gasteiger partial charge >= 0.3 is 5.97 Å². The Hall–Kier alpha value is -1.16. The summed E-state index contributed by atoms with van der Waals surface area (Å²) < 4.78 is 4.95. The molecular weight excluding hydrogens is 296 g/mol. The second-order valence-corrected chi connectivity index (χ2v) is 4.78.